The Bertz CT molecular complexity index is 861. The molecule has 12 heteroatoms. The van der Waals surface area contributed by atoms with Gasteiger partial charge in [0.1, 0.15) is 42.2 Å². The van der Waals surface area contributed by atoms with Crippen LogP contribution in [0.3, 0.4) is 0 Å². The third-order valence-corrected chi connectivity index (χ3v) is 7.89. The van der Waals surface area contributed by atoms with Crippen LogP contribution in [0.2, 0.25) is 0 Å². The second-order valence-corrected chi connectivity index (χ2v) is 10.4. The zero-order chi connectivity index (χ0) is 26.9. The van der Waals surface area contributed by atoms with Gasteiger partial charge in [-0.1, -0.05) is 13.0 Å². The average molecular weight is 531 g/mol. The van der Waals surface area contributed by atoms with Crippen molar-refractivity contribution in [1.29, 1.82) is 0 Å². The van der Waals surface area contributed by atoms with Gasteiger partial charge in [0.15, 0.2) is 6.29 Å². The maximum atomic E-state index is 12.8. The number of aliphatic hydroxyl groups excluding tert-OH is 6. The van der Waals surface area contributed by atoms with Gasteiger partial charge in [-0.2, -0.15) is 0 Å². The van der Waals surface area contributed by atoms with Crippen LogP contribution in [0.25, 0.3) is 0 Å². The van der Waals surface area contributed by atoms with Gasteiger partial charge in [0, 0.05) is 18.1 Å². The zero-order valence-corrected chi connectivity index (χ0v) is 21.0. The Labute approximate surface area is 215 Å². The SMILES string of the molecule is C/C(=C\CC[C@@H](C)CCO)C(=O)O[C@H]1[C@@H]2C=CO[C@@H](O[C@@H]3O[C@H](CO)[C@@H](O)[C@H](O)[C@H]3O)[C@@H]2[C@@]2(CO)O[C@@H]12. The predicted octanol–water partition coefficient (Wildman–Crippen LogP) is -1.29. The van der Waals surface area contributed by atoms with Crippen LogP contribution in [0.4, 0.5) is 0 Å². The molecule has 1 saturated carbocycles. The largest absolute Gasteiger partial charge is 0.472 e. The molecule has 12 nitrogen and oxygen atoms in total. The lowest BCUT2D eigenvalue weighted by Gasteiger charge is -2.43. The maximum absolute atomic E-state index is 12.8. The van der Waals surface area contributed by atoms with Gasteiger partial charge in [-0.05, 0) is 38.2 Å². The number of epoxide rings is 1. The van der Waals surface area contributed by atoms with E-state index in [1.807, 2.05) is 6.92 Å². The molecule has 12 atom stereocenters. The number of allylic oxidation sites excluding steroid dienone is 1. The van der Waals surface area contributed by atoms with Crippen LogP contribution >= 0.6 is 0 Å². The number of carbonyl (C=O) groups is 1. The first-order valence-electron chi connectivity index (χ1n) is 12.7. The topological polar surface area (TPSA) is 188 Å². The van der Waals surface area contributed by atoms with Crippen molar-refractivity contribution in [3.05, 3.63) is 24.0 Å². The molecule has 210 valence electrons. The van der Waals surface area contributed by atoms with Gasteiger partial charge in [0.25, 0.3) is 0 Å². The van der Waals surface area contributed by atoms with E-state index >= 15 is 0 Å². The molecular formula is C25H38O12. The van der Waals surface area contributed by atoms with E-state index < -0.39 is 85.8 Å². The number of esters is 1. The number of fused-ring (bicyclic) bond motifs is 3. The summed E-state index contributed by atoms with van der Waals surface area (Å²) < 4.78 is 28.6. The lowest BCUT2D eigenvalue weighted by atomic mass is 9.85. The summed E-state index contributed by atoms with van der Waals surface area (Å²) in [6, 6.07) is 0. The molecule has 0 unspecified atom stereocenters. The Morgan fingerprint density at radius 2 is 1.86 bits per heavy atom. The molecule has 0 aromatic rings. The molecule has 4 aliphatic rings. The molecule has 6 N–H and O–H groups in total. The fraction of sp³-hybridized carbons (Fsp3) is 0.800. The van der Waals surface area contributed by atoms with E-state index in [1.165, 1.54) is 6.26 Å². The summed E-state index contributed by atoms with van der Waals surface area (Å²) in [6.45, 7) is 2.83. The fourth-order valence-electron chi connectivity index (χ4n) is 5.54. The summed E-state index contributed by atoms with van der Waals surface area (Å²) in [5.74, 6) is -1.25. The molecular weight excluding hydrogens is 492 g/mol. The van der Waals surface area contributed by atoms with E-state index in [4.69, 9.17) is 28.8 Å². The monoisotopic (exact) mass is 530 g/mol. The highest BCUT2D eigenvalue weighted by Gasteiger charge is 2.77. The minimum atomic E-state index is -1.63. The summed E-state index contributed by atoms with van der Waals surface area (Å²) in [5, 5.41) is 59.2. The van der Waals surface area contributed by atoms with Crippen molar-refractivity contribution in [2.24, 2.45) is 17.8 Å². The lowest BCUT2D eigenvalue weighted by molar-refractivity contribution is -0.344. The molecule has 3 fully saturated rings. The smallest absolute Gasteiger partial charge is 0.333 e. The van der Waals surface area contributed by atoms with E-state index in [0.717, 1.165) is 6.42 Å². The van der Waals surface area contributed by atoms with Gasteiger partial charge in [-0.25, -0.2) is 4.79 Å². The Morgan fingerprint density at radius 1 is 1.11 bits per heavy atom. The Morgan fingerprint density at radius 3 is 2.54 bits per heavy atom. The molecule has 0 aromatic carbocycles. The first-order chi connectivity index (χ1) is 17.7. The minimum Gasteiger partial charge on any atom is -0.472 e. The standard InChI is InChI=1S/C25H38O12/c1-12(6-8-26)4-3-5-13(2)22(32)35-20-14-7-9-33-23(16(14)25(11-28)21(20)37-25)36-24-19(31)18(30)17(29)15(10-27)34-24/h5,7,9,12,14-21,23-24,26-31H,3-4,6,8,10-11H2,1-2H3/b13-5+/t12-,14-,15-,16-,17-,18+,19-,20+,21+,23+,24+,25-/m1/s1. The van der Waals surface area contributed by atoms with Crippen LogP contribution < -0.4 is 0 Å². The zero-order valence-electron chi connectivity index (χ0n) is 21.0. The normalized spacial score (nSPS) is 43.5. The number of ether oxygens (including phenoxy) is 5. The average Bonchev–Trinajstić information content (AvgIpc) is 3.56. The summed E-state index contributed by atoms with van der Waals surface area (Å²) in [4.78, 5) is 12.8. The second kappa shape index (κ2) is 11.6. The first-order valence-corrected chi connectivity index (χ1v) is 12.7. The van der Waals surface area contributed by atoms with Gasteiger partial charge in [0.05, 0.1) is 25.4 Å². The molecule has 1 aliphatic carbocycles. The number of rotatable bonds is 11. The minimum absolute atomic E-state index is 0.127. The van der Waals surface area contributed by atoms with Crippen molar-refractivity contribution in [2.45, 2.75) is 87.9 Å². The van der Waals surface area contributed by atoms with E-state index in [9.17, 15) is 30.3 Å². The second-order valence-electron chi connectivity index (χ2n) is 10.4. The third-order valence-electron chi connectivity index (χ3n) is 7.89. The van der Waals surface area contributed by atoms with E-state index in [1.54, 1.807) is 19.1 Å². The molecule has 0 bridgehead atoms. The van der Waals surface area contributed by atoms with Gasteiger partial charge >= 0.3 is 5.97 Å². The Kier molecular flexibility index (Phi) is 8.94. The van der Waals surface area contributed by atoms with E-state index in [-0.39, 0.29) is 6.61 Å². The number of carbonyl (C=O) groups excluding carboxylic acids is 1. The van der Waals surface area contributed by atoms with Crippen molar-refractivity contribution in [3.63, 3.8) is 0 Å². The van der Waals surface area contributed by atoms with Crippen molar-refractivity contribution in [2.75, 3.05) is 19.8 Å². The number of hydrogen-bond donors (Lipinski definition) is 6. The molecule has 0 aromatic heterocycles. The quantitative estimate of drug-likeness (QED) is 0.105. The van der Waals surface area contributed by atoms with Gasteiger partial charge in [0.2, 0.25) is 6.29 Å². The van der Waals surface area contributed by atoms with Crippen LogP contribution in [-0.4, -0.2) is 111 Å². The van der Waals surface area contributed by atoms with Gasteiger partial charge in [-0.3, -0.25) is 0 Å². The summed E-state index contributed by atoms with van der Waals surface area (Å²) >= 11 is 0. The predicted molar refractivity (Wildman–Crippen MR) is 124 cm³/mol. The van der Waals surface area contributed by atoms with Crippen LogP contribution in [0.15, 0.2) is 24.0 Å². The summed E-state index contributed by atoms with van der Waals surface area (Å²) in [5.41, 5.74) is -0.656. The molecule has 3 heterocycles. The van der Waals surface area contributed by atoms with Crippen molar-refractivity contribution in [1.82, 2.24) is 0 Å². The van der Waals surface area contributed by atoms with Crippen LogP contribution in [0, 0.1) is 17.8 Å². The van der Waals surface area contributed by atoms with Gasteiger partial charge in [-0.15, -0.1) is 0 Å². The molecule has 0 radical (unpaired) electrons. The van der Waals surface area contributed by atoms with Crippen molar-refractivity contribution >= 4 is 5.97 Å². The highest BCUT2D eigenvalue weighted by molar-refractivity contribution is 5.88. The number of hydrogen-bond acceptors (Lipinski definition) is 12. The summed E-state index contributed by atoms with van der Waals surface area (Å²) in [7, 11) is 0. The van der Waals surface area contributed by atoms with Crippen LogP contribution in [0.5, 0.6) is 0 Å². The Balaban J connectivity index is 1.44. The highest BCUT2D eigenvalue weighted by atomic mass is 16.8. The lowest BCUT2D eigenvalue weighted by Crippen LogP contribution is -2.60. The third kappa shape index (κ3) is 5.45. The molecule has 4 rings (SSSR count). The maximum Gasteiger partial charge on any atom is 0.333 e. The van der Waals surface area contributed by atoms with Crippen LogP contribution in [0.1, 0.15) is 33.1 Å². The van der Waals surface area contributed by atoms with Crippen molar-refractivity contribution < 1.29 is 59.1 Å². The fourth-order valence-corrected chi connectivity index (χ4v) is 5.54. The molecule has 3 aliphatic heterocycles. The molecule has 0 spiro atoms. The molecule has 0 amide bonds. The molecule has 37 heavy (non-hydrogen) atoms. The van der Waals surface area contributed by atoms with Crippen molar-refractivity contribution in [3.8, 4) is 0 Å². The van der Waals surface area contributed by atoms with Gasteiger partial charge < -0.3 is 54.3 Å². The first kappa shape index (κ1) is 28.4. The summed E-state index contributed by atoms with van der Waals surface area (Å²) in [6.07, 6.45) is -2.74. The van der Waals surface area contributed by atoms with E-state index in [2.05, 4.69) is 0 Å². The number of aliphatic hydroxyl groups is 6. The van der Waals surface area contributed by atoms with Crippen LogP contribution in [-0.2, 0) is 28.5 Å². The van der Waals surface area contributed by atoms with E-state index in [0.29, 0.717) is 24.3 Å². The Hall–Kier alpha value is -1.61. The molecule has 2 saturated heterocycles. The highest BCUT2D eigenvalue weighted by Crippen LogP contribution is 2.60.